The van der Waals surface area contributed by atoms with Gasteiger partial charge in [-0.05, 0) is 106 Å². The predicted molar refractivity (Wildman–Crippen MR) is 207 cm³/mol. The number of fused-ring (bicyclic) bond motifs is 1. The Kier molecular flexibility index (Phi) is 12.3. The highest BCUT2D eigenvalue weighted by molar-refractivity contribution is 6.01. The van der Waals surface area contributed by atoms with Gasteiger partial charge in [0, 0.05) is 57.2 Å². The third-order valence-corrected chi connectivity index (χ3v) is 10.0. The summed E-state index contributed by atoms with van der Waals surface area (Å²) < 4.78 is 39.8. The van der Waals surface area contributed by atoms with Crippen molar-refractivity contribution in [2.75, 3.05) is 71.1 Å². The molecule has 0 N–H and O–H groups in total. The second kappa shape index (κ2) is 17.1. The van der Waals surface area contributed by atoms with Crippen molar-refractivity contribution in [3.05, 3.63) is 65.7 Å². The molecule has 0 aromatic heterocycles. The summed E-state index contributed by atoms with van der Waals surface area (Å²) in [5.41, 5.74) is 2.33. The Morgan fingerprint density at radius 3 is 2.20 bits per heavy atom. The number of likely N-dealkylation sites (tertiary alicyclic amines) is 1. The molecule has 1 unspecified atom stereocenters. The number of carbonyl (C=O) groups is 3. The topological polar surface area (TPSA) is 126 Å². The Morgan fingerprint density at radius 2 is 1.55 bits per heavy atom. The van der Waals surface area contributed by atoms with Gasteiger partial charge in [0.2, 0.25) is 5.91 Å². The fraction of sp³-hybridized carbons (Fsp3) is 0.500. The van der Waals surface area contributed by atoms with Gasteiger partial charge >= 0.3 is 6.09 Å². The van der Waals surface area contributed by atoms with Gasteiger partial charge in [-0.25, -0.2) is 4.79 Å². The summed E-state index contributed by atoms with van der Waals surface area (Å²) in [4.78, 5) is 46.8. The number of hydrogen-bond donors (Lipinski definition) is 0. The molecule has 1 saturated heterocycles. The van der Waals surface area contributed by atoms with Gasteiger partial charge < -0.3 is 47.9 Å². The van der Waals surface area contributed by atoms with Crippen molar-refractivity contribution in [1.82, 2.24) is 4.90 Å². The number of benzene rings is 3. The number of amides is 3. The van der Waals surface area contributed by atoms with Crippen LogP contribution in [0.2, 0.25) is 0 Å². The highest BCUT2D eigenvalue weighted by atomic mass is 16.6. The first kappa shape index (κ1) is 39.5. The third kappa shape index (κ3) is 9.56. The molecule has 3 aromatic carbocycles. The third-order valence-electron chi connectivity index (χ3n) is 10.0. The van der Waals surface area contributed by atoms with E-state index in [2.05, 4.69) is 0 Å². The first-order chi connectivity index (χ1) is 26.4. The van der Waals surface area contributed by atoms with E-state index in [1.807, 2.05) is 74.2 Å². The maximum absolute atomic E-state index is 15.1. The number of ether oxygens (including phenoxy) is 7. The molecule has 3 aromatic rings. The van der Waals surface area contributed by atoms with Gasteiger partial charge in [0.1, 0.15) is 41.0 Å². The van der Waals surface area contributed by atoms with Crippen molar-refractivity contribution in [2.24, 2.45) is 5.92 Å². The second-order valence-corrected chi connectivity index (χ2v) is 15.2. The van der Waals surface area contributed by atoms with Gasteiger partial charge in [-0.3, -0.25) is 9.59 Å². The number of anilines is 2. The molecule has 0 spiro atoms. The average Bonchev–Trinajstić information content (AvgIpc) is 4.02. The standard InChI is InChI=1S/C42H53N3O10/c1-42(2,3)55-41(48)43-15-13-35(28-19-33(52-7)23-34(20-28)53-25-27-17-31(50-5)22-32(18-27)51-6)36(24-43)40(47)45(29-9-10-29)30-11-12-38-37(21-30)44(14-8-16-49-4)39(46)26-54-38/h11-12,17-23,29,35-36H,8-10,13-16,24-26H2,1-7H3/t35-,36?/m1/s1. The number of methoxy groups -OCH3 is 4. The van der Waals surface area contributed by atoms with Gasteiger partial charge in [-0.15, -0.1) is 0 Å². The molecule has 2 heterocycles. The van der Waals surface area contributed by atoms with Crippen LogP contribution in [0.1, 0.15) is 63.5 Å². The molecule has 2 fully saturated rings. The van der Waals surface area contributed by atoms with E-state index in [9.17, 15) is 9.59 Å². The largest absolute Gasteiger partial charge is 0.497 e. The van der Waals surface area contributed by atoms with Crippen LogP contribution < -0.4 is 33.5 Å². The molecular formula is C42H53N3O10. The van der Waals surface area contributed by atoms with Crippen LogP contribution in [0.15, 0.2) is 54.6 Å². The summed E-state index contributed by atoms with van der Waals surface area (Å²) in [7, 11) is 6.43. The Bertz CT molecular complexity index is 1830. The van der Waals surface area contributed by atoms with Gasteiger partial charge in [-0.2, -0.15) is 0 Å². The van der Waals surface area contributed by atoms with E-state index in [4.69, 9.17) is 33.2 Å². The zero-order chi connectivity index (χ0) is 39.3. The summed E-state index contributed by atoms with van der Waals surface area (Å²) >= 11 is 0. The molecule has 2 atom stereocenters. The van der Waals surface area contributed by atoms with E-state index in [-0.39, 0.29) is 43.5 Å². The van der Waals surface area contributed by atoms with E-state index in [0.717, 1.165) is 24.0 Å². The van der Waals surface area contributed by atoms with Crippen LogP contribution in [-0.4, -0.2) is 95.7 Å². The predicted octanol–water partition coefficient (Wildman–Crippen LogP) is 6.59. The number of hydrogen-bond acceptors (Lipinski definition) is 10. The molecule has 296 valence electrons. The highest BCUT2D eigenvalue weighted by Crippen LogP contribution is 2.44. The minimum absolute atomic E-state index is 0.0192. The molecule has 3 aliphatic rings. The highest BCUT2D eigenvalue weighted by Gasteiger charge is 2.44. The van der Waals surface area contributed by atoms with Crippen molar-refractivity contribution >= 4 is 29.3 Å². The quantitative estimate of drug-likeness (QED) is 0.166. The summed E-state index contributed by atoms with van der Waals surface area (Å²) in [6.07, 6.45) is 2.39. The monoisotopic (exact) mass is 759 g/mol. The molecule has 1 saturated carbocycles. The number of carbonyl (C=O) groups excluding carboxylic acids is 3. The van der Waals surface area contributed by atoms with Crippen LogP contribution in [0.25, 0.3) is 0 Å². The Balaban J connectivity index is 1.34. The SMILES string of the molecule is COCCCN1C(=O)COc2ccc(N(C(=O)C3CN(C(=O)OC(C)(C)C)CC[C@@H]3c3cc(OC)cc(OCc4cc(OC)cc(OC)c4)c3)C3CC3)cc21. The summed E-state index contributed by atoms with van der Waals surface area (Å²) in [6, 6.07) is 16.9. The van der Waals surface area contributed by atoms with E-state index >= 15 is 4.79 Å². The number of rotatable bonds is 14. The zero-order valence-electron chi connectivity index (χ0n) is 32.9. The lowest BCUT2D eigenvalue weighted by molar-refractivity contribution is -0.124. The smallest absolute Gasteiger partial charge is 0.410 e. The fourth-order valence-electron chi connectivity index (χ4n) is 7.20. The molecule has 3 amide bonds. The maximum atomic E-state index is 15.1. The molecule has 13 nitrogen and oxygen atoms in total. The molecule has 6 rings (SSSR count). The van der Waals surface area contributed by atoms with Crippen LogP contribution in [0.4, 0.5) is 16.2 Å². The molecule has 0 radical (unpaired) electrons. The lowest BCUT2D eigenvalue weighted by atomic mass is 9.79. The molecular weight excluding hydrogens is 706 g/mol. The van der Waals surface area contributed by atoms with Crippen LogP contribution in [-0.2, 0) is 25.7 Å². The molecule has 55 heavy (non-hydrogen) atoms. The number of nitrogens with zero attached hydrogens (tertiary/aromatic N) is 3. The van der Waals surface area contributed by atoms with Crippen molar-refractivity contribution in [1.29, 1.82) is 0 Å². The van der Waals surface area contributed by atoms with E-state index in [1.54, 1.807) is 44.3 Å². The Labute approximate surface area is 323 Å². The molecule has 13 heteroatoms. The summed E-state index contributed by atoms with van der Waals surface area (Å²) in [5, 5.41) is 0. The number of piperidine rings is 1. The summed E-state index contributed by atoms with van der Waals surface area (Å²) in [6.45, 7) is 7.22. The van der Waals surface area contributed by atoms with E-state index in [0.29, 0.717) is 72.7 Å². The van der Waals surface area contributed by atoms with E-state index < -0.39 is 17.6 Å². The van der Waals surface area contributed by atoms with E-state index in [1.165, 1.54) is 0 Å². The molecule has 0 bridgehead atoms. The lowest BCUT2D eigenvalue weighted by Gasteiger charge is -2.41. The average molecular weight is 760 g/mol. The van der Waals surface area contributed by atoms with Crippen LogP contribution in [0.5, 0.6) is 28.7 Å². The van der Waals surface area contributed by atoms with Crippen molar-refractivity contribution in [3.63, 3.8) is 0 Å². The van der Waals surface area contributed by atoms with Gasteiger partial charge in [-0.1, -0.05) is 0 Å². The van der Waals surface area contributed by atoms with Crippen LogP contribution >= 0.6 is 0 Å². The first-order valence-corrected chi connectivity index (χ1v) is 18.8. The first-order valence-electron chi connectivity index (χ1n) is 18.8. The Morgan fingerprint density at radius 1 is 0.873 bits per heavy atom. The zero-order valence-corrected chi connectivity index (χ0v) is 32.9. The van der Waals surface area contributed by atoms with Gasteiger partial charge in [0.15, 0.2) is 6.61 Å². The van der Waals surface area contributed by atoms with Crippen LogP contribution in [0, 0.1) is 5.92 Å². The normalized spacial score (nSPS) is 18.2. The molecule has 1 aliphatic carbocycles. The minimum Gasteiger partial charge on any atom is -0.497 e. The van der Waals surface area contributed by atoms with Gasteiger partial charge in [0.05, 0.1) is 32.9 Å². The maximum Gasteiger partial charge on any atom is 0.410 e. The van der Waals surface area contributed by atoms with Crippen LogP contribution in [0.3, 0.4) is 0 Å². The lowest BCUT2D eigenvalue weighted by Crippen LogP contribution is -2.51. The fourth-order valence-corrected chi connectivity index (χ4v) is 7.20. The Hall–Kier alpha value is -5.17. The summed E-state index contributed by atoms with van der Waals surface area (Å²) in [5.74, 6) is 1.89. The second-order valence-electron chi connectivity index (χ2n) is 15.2. The van der Waals surface area contributed by atoms with Crippen molar-refractivity contribution in [3.8, 4) is 28.7 Å². The molecule has 2 aliphatic heterocycles. The van der Waals surface area contributed by atoms with Crippen molar-refractivity contribution < 1.29 is 47.5 Å². The van der Waals surface area contributed by atoms with Gasteiger partial charge in [0.25, 0.3) is 5.91 Å². The van der Waals surface area contributed by atoms with Crippen molar-refractivity contribution in [2.45, 2.75) is 70.6 Å². The minimum atomic E-state index is -0.697.